The molecule has 7 heteroatoms. The van der Waals surface area contributed by atoms with Crippen LogP contribution in [0.25, 0.3) is 0 Å². The molecule has 1 N–H and O–H groups in total. The van der Waals surface area contributed by atoms with Crippen LogP contribution in [-0.4, -0.2) is 67.7 Å². The normalized spacial score (nSPS) is 20.1. The minimum absolute atomic E-state index is 0.142. The monoisotopic (exact) mass is 394 g/mol. The van der Waals surface area contributed by atoms with Crippen molar-refractivity contribution in [1.29, 1.82) is 0 Å². The highest BCUT2D eigenvalue weighted by Gasteiger charge is 2.38. The quantitative estimate of drug-likeness (QED) is 0.759. The Labute approximate surface area is 170 Å². The molecule has 3 amide bonds. The first-order chi connectivity index (χ1) is 14.1. The molecule has 0 bridgehead atoms. The molecular formula is C22H26N4O3. The number of urea groups is 1. The second-order valence-corrected chi connectivity index (χ2v) is 7.40. The number of carbonyl (C=O) groups excluding carboxylic acids is 2. The van der Waals surface area contributed by atoms with Crippen molar-refractivity contribution in [3.05, 3.63) is 60.2 Å². The van der Waals surface area contributed by atoms with Crippen LogP contribution in [0.4, 0.5) is 10.5 Å². The van der Waals surface area contributed by atoms with Gasteiger partial charge in [-0.15, -0.1) is 0 Å². The molecule has 2 fully saturated rings. The Morgan fingerprint density at radius 3 is 2.31 bits per heavy atom. The molecule has 2 heterocycles. The Balaban J connectivity index is 1.30. The SMILES string of the molecule is COc1ccc(N2CCN(CN3C(=O)N[C@@H](Cc4ccccc4)C3=O)CC2)cc1. The predicted octanol–water partition coefficient (Wildman–Crippen LogP) is 1.94. The summed E-state index contributed by atoms with van der Waals surface area (Å²) in [5.74, 6) is 0.701. The summed E-state index contributed by atoms with van der Waals surface area (Å²) < 4.78 is 5.21. The van der Waals surface area contributed by atoms with Gasteiger partial charge in [-0.25, -0.2) is 9.69 Å². The minimum atomic E-state index is -0.481. The summed E-state index contributed by atoms with van der Waals surface area (Å²) in [5.41, 5.74) is 2.20. The first-order valence-corrected chi connectivity index (χ1v) is 9.91. The van der Waals surface area contributed by atoms with E-state index in [4.69, 9.17) is 4.74 Å². The maximum absolute atomic E-state index is 12.7. The van der Waals surface area contributed by atoms with Crippen LogP contribution < -0.4 is 15.0 Å². The third-order valence-corrected chi connectivity index (χ3v) is 5.54. The third-order valence-electron chi connectivity index (χ3n) is 5.54. The standard InChI is InChI=1S/C22H26N4O3/c1-29-19-9-7-18(8-10-19)25-13-11-24(12-14-25)16-26-21(27)20(23-22(26)28)15-17-5-3-2-4-6-17/h2-10,20H,11-16H2,1H3,(H,23,28)/t20-/m0/s1. The fraction of sp³-hybridized carbons (Fsp3) is 0.364. The van der Waals surface area contributed by atoms with E-state index in [1.807, 2.05) is 42.5 Å². The van der Waals surface area contributed by atoms with Gasteiger partial charge in [0.25, 0.3) is 5.91 Å². The van der Waals surface area contributed by atoms with Crippen LogP contribution in [0.15, 0.2) is 54.6 Å². The van der Waals surface area contributed by atoms with Gasteiger partial charge in [0.2, 0.25) is 0 Å². The van der Waals surface area contributed by atoms with Crippen molar-refractivity contribution < 1.29 is 14.3 Å². The highest BCUT2D eigenvalue weighted by molar-refractivity contribution is 6.04. The van der Waals surface area contributed by atoms with Gasteiger partial charge in [0.05, 0.1) is 13.8 Å². The number of imide groups is 1. The van der Waals surface area contributed by atoms with Crippen LogP contribution in [0.1, 0.15) is 5.56 Å². The zero-order chi connectivity index (χ0) is 20.2. The Morgan fingerprint density at radius 2 is 1.66 bits per heavy atom. The molecule has 7 nitrogen and oxygen atoms in total. The second-order valence-electron chi connectivity index (χ2n) is 7.40. The van der Waals surface area contributed by atoms with Gasteiger partial charge < -0.3 is 15.0 Å². The molecule has 2 aromatic rings. The molecule has 0 aliphatic carbocycles. The van der Waals surface area contributed by atoms with Gasteiger partial charge in [0, 0.05) is 38.3 Å². The van der Waals surface area contributed by atoms with Crippen LogP contribution in [-0.2, 0) is 11.2 Å². The largest absolute Gasteiger partial charge is 0.497 e. The molecule has 2 aliphatic rings. The number of rotatable bonds is 6. The van der Waals surface area contributed by atoms with Crippen molar-refractivity contribution >= 4 is 17.6 Å². The van der Waals surface area contributed by atoms with Crippen molar-refractivity contribution in [2.24, 2.45) is 0 Å². The number of carbonyl (C=O) groups is 2. The van der Waals surface area contributed by atoms with E-state index < -0.39 is 6.04 Å². The molecule has 29 heavy (non-hydrogen) atoms. The van der Waals surface area contributed by atoms with E-state index in [1.165, 1.54) is 4.90 Å². The number of anilines is 1. The van der Waals surface area contributed by atoms with Gasteiger partial charge in [-0.2, -0.15) is 0 Å². The first-order valence-electron chi connectivity index (χ1n) is 9.91. The van der Waals surface area contributed by atoms with E-state index in [9.17, 15) is 9.59 Å². The Kier molecular flexibility index (Phi) is 5.67. The van der Waals surface area contributed by atoms with E-state index in [0.717, 1.165) is 43.2 Å². The number of hydrogen-bond acceptors (Lipinski definition) is 5. The summed E-state index contributed by atoms with van der Waals surface area (Å²) in [6.07, 6.45) is 0.521. The number of methoxy groups -OCH3 is 1. The maximum Gasteiger partial charge on any atom is 0.325 e. The van der Waals surface area contributed by atoms with Crippen LogP contribution >= 0.6 is 0 Å². The molecular weight excluding hydrogens is 368 g/mol. The molecule has 4 rings (SSSR count). The Bertz CT molecular complexity index is 848. The molecule has 152 valence electrons. The van der Waals surface area contributed by atoms with E-state index in [2.05, 4.69) is 27.2 Å². The topological polar surface area (TPSA) is 65.1 Å². The van der Waals surface area contributed by atoms with E-state index >= 15 is 0 Å². The summed E-state index contributed by atoms with van der Waals surface area (Å²) in [7, 11) is 1.66. The first kappa shape index (κ1) is 19.3. The van der Waals surface area contributed by atoms with E-state index in [0.29, 0.717) is 13.1 Å². The fourth-order valence-corrected chi connectivity index (χ4v) is 3.84. The molecule has 0 radical (unpaired) electrons. The summed E-state index contributed by atoms with van der Waals surface area (Å²) in [6.45, 7) is 3.64. The van der Waals surface area contributed by atoms with Crippen LogP contribution in [0.3, 0.4) is 0 Å². The van der Waals surface area contributed by atoms with Gasteiger partial charge in [-0.1, -0.05) is 30.3 Å². The van der Waals surface area contributed by atoms with Crippen molar-refractivity contribution in [2.45, 2.75) is 12.5 Å². The van der Waals surface area contributed by atoms with Gasteiger partial charge in [-0.05, 0) is 29.8 Å². The zero-order valence-electron chi connectivity index (χ0n) is 16.6. The number of nitrogens with one attached hydrogen (secondary N) is 1. The van der Waals surface area contributed by atoms with Gasteiger partial charge in [0.15, 0.2) is 0 Å². The van der Waals surface area contributed by atoms with E-state index in [-0.39, 0.29) is 11.9 Å². The number of amides is 3. The molecule has 0 unspecified atom stereocenters. The lowest BCUT2D eigenvalue weighted by Gasteiger charge is -2.37. The summed E-state index contributed by atoms with van der Waals surface area (Å²) >= 11 is 0. The third kappa shape index (κ3) is 4.35. The molecule has 0 aromatic heterocycles. The van der Waals surface area contributed by atoms with Crippen molar-refractivity contribution in [3.8, 4) is 5.75 Å². The number of nitrogens with zero attached hydrogens (tertiary/aromatic N) is 3. The Morgan fingerprint density at radius 1 is 0.966 bits per heavy atom. The fourth-order valence-electron chi connectivity index (χ4n) is 3.84. The average molecular weight is 394 g/mol. The number of ether oxygens (including phenoxy) is 1. The highest BCUT2D eigenvalue weighted by atomic mass is 16.5. The molecule has 0 saturated carbocycles. The smallest absolute Gasteiger partial charge is 0.325 e. The van der Waals surface area contributed by atoms with Crippen LogP contribution in [0.2, 0.25) is 0 Å². The zero-order valence-corrected chi connectivity index (χ0v) is 16.6. The average Bonchev–Trinajstić information content (AvgIpc) is 3.02. The number of piperazine rings is 1. The summed E-state index contributed by atoms with van der Waals surface area (Å²) in [5, 5.41) is 2.83. The maximum atomic E-state index is 12.7. The number of hydrogen-bond donors (Lipinski definition) is 1. The van der Waals surface area contributed by atoms with Gasteiger partial charge in [-0.3, -0.25) is 9.69 Å². The van der Waals surface area contributed by atoms with Crippen LogP contribution in [0, 0.1) is 0 Å². The Hall–Kier alpha value is -3.06. The summed E-state index contributed by atoms with van der Waals surface area (Å²) in [4.78, 5) is 30.9. The lowest BCUT2D eigenvalue weighted by molar-refractivity contribution is -0.129. The van der Waals surface area contributed by atoms with Crippen molar-refractivity contribution in [1.82, 2.24) is 15.1 Å². The number of benzene rings is 2. The summed E-state index contributed by atoms with van der Waals surface area (Å²) in [6, 6.07) is 17.0. The highest BCUT2D eigenvalue weighted by Crippen LogP contribution is 2.21. The van der Waals surface area contributed by atoms with Crippen molar-refractivity contribution in [3.63, 3.8) is 0 Å². The van der Waals surface area contributed by atoms with Crippen LogP contribution in [0.5, 0.6) is 5.75 Å². The predicted molar refractivity (Wildman–Crippen MR) is 111 cm³/mol. The molecule has 2 saturated heterocycles. The molecule has 2 aliphatic heterocycles. The lowest BCUT2D eigenvalue weighted by atomic mass is 10.1. The van der Waals surface area contributed by atoms with Gasteiger partial charge in [0.1, 0.15) is 11.8 Å². The lowest BCUT2D eigenvalue weighted by Crippen LogP contribution is -2.51. The minimum Gasteiger partial charge on any atom is -0.497 e. The van der Waals surface area contributed by atoms with Gasteiger partial charge >= 0.3 is 6.03 Å². The second kappa shape index (κ2) is 8.53. The molecule has 2 aromatic carbocycles. The molecule has 1 atom stereocenters. The molecule has 0 spiro atoms. The van der Waals surface area contributed by atoms with E-state index in [1.54, 1.807) is 7.11 Å². The van der Waals surface area contributed by atoms with Crippen molar-refractivity contribution in [2.75, 3.05) is 44.9 Å².